The van der Waals surface area contributed by atoms with Crippen LogP contribution in [0, 0.1) is 10.1 Å². The molecule has 3 aromatic rings. The predicted octanol–water partition coefficient (Wildman–Crippen LogP) is 3.42. The van der Waals surface area contributed by atoms with E-state index < -0.39 is 39.8 Å². The van der Waals surface area contributed by atoms with Gasteiger partial charge in [-0.25, -0.2) is 9.36 Å². The van der Waals surface area contributed by atoms with Crippen molar-refractivity contribution in [1.29, 1.82) is 0 Å². The van der Waals surface area contributed by atoms with Crippen LogP contribution >= 0.6 is 0 Å². The lowest BCUT2D eigenvalue weighted by molar-refractivity contribution is -0.386. The Labute approximate surface area is 191 Å². The van der Waals surface area contributed by atoms with Gasteiger partial charge >= 0.3 is 23.1 Å². The van der Waals surface area contributed by atoms with Crippen LogP contribution in [-0.4, -0.2) is 30.9 Å². The fraction of sp³-hybridized carbons (Fsp3) is 0.381. The van der Waals surface area contributed by atoms with Gasteiger partial charge in [0.1, 0.15) is 11.9 Å². The number of nitrogens with zero attached hydrogens (tertiary/aromatic N) is 5. The Bertz CT molecular complexity index is 1330. The van der Waals surface area contributed by atoms with Crippen molar-refractivity contribution < 1.29 is 22.8 Å². The first-order valence-corrected chi connectivity index (χ1v) is 10.3. The van der Waals surface area contributed by atoms with Gasteiger partial charge in [0.05, 0.1) is 23.2 Å². The molecule has 0 aliphatic carbocycles. The Balaban J connectivity index is 2.20. The van der Waals surface area contributed by atoms with Crippen molar-refractivity contribution in [2.45, 2.75) is 45.8 Å². The van der Waals surface area contributed by atoms with Crippen LogP contribution < -0.4 is 11.2 Å². The van der Waals surface area contributed by atoms with Crippen molar-refractivity contribution in [2.75, 3.05) is 7.11 Å². The number of nitro groups is 1. The minimum Gasteiger partial charge on any atom is -0.361 e. The van der Waals surface area contributed by atoms with Crippen LogP contribution in [0.5, 0.6) is 0 Å². The van der Waals surface area contributed by atoms with Crippen molar-refractivity contribution in [3.63, 3.8) is 0 Å². The summed E-state index contributed by atoms with van der Waals surface area (Å²) in [6, 6.07) is 4.96. The predicted molar refractivity (Wildman–Crippen MR) is 115 cm³/mol. The smallest absolute Gasteiger partial charge is 0.361 e. The van der Waals surface area contributed by atoms with Crippen LogP contribution in [0.4, 0.5) is 18.9 Å². The number of ether oxygens (including phenoxy) is 1. The quantitative estimate of drug-likeness (QED) is 0.360. The molecule has 0 saturated heterocycles. The van der Waals surface area contributed by atoms with Crippen LogP contribution in [0.1, 0.15) is 37.6 Å². The van der Waals surface area contributed by atoms with E-state index in [2.05, 4.69) is 5.10 Å². The molecule has 0 aliphatic heterocycles. The van der Waals surface area contributed by atoms with E-state index in [4.69, 9.17) is 4.74 Å². The van der Waals surface area contributed by atoms with E-state index in [0.29, 0.717) is 11.0 Å². The average molecular weight is 481 g/mol. The van der Waals surface area contributed by atoms with Gasteiger partial charge in [0.15, 0.2) is 0 Å². The van der Waals surface area contributed by atoms with Crippen molar-refractivity contribution in [1.82, 2.24) is 18.9 Å². The summed E-state index contributed by atoms with van der Waals surface area (Å²) in [7, 11) is 1.25. The fourth-order valence-corrected chi connectivity index (χ4v) is 3.65. The second kappa shape index (κ2) is 9.63. The van der Waals surface area contributed by atoms with Gasteiger partial charge in [-0.15, -0.1) is 0 Å². The van der Waals surface area contributed by atoms with Gasteiger partial charge in [0, 0.05) is 25.4 Å². The minimum absolute atomic E-state index is 0.0494. The molecule has 2 heterocycles. The highest BCUT2D eigenvalue weighted by Crippen LogP contribution is 2.32. The molecule has 1 atom stereocenters. The topological polar surface area (TPSA) is 114 Å². The van der Waals surface area contributed by atoms with Gasteiger partial charge in [-0.05, 0) is 25.0 Å². The Kier molecular flexibility index (Phi) is 7.05. The second-order valence-electron chi connectivity index (χ2n) is 7.48. The molecule has 13 heteroatoms. The second-order valence-corrected chi connectivity index (χ2v) is 7.48. The molecular weight excluding hydrogens is 459 g/mol. The average Bonchev–Trinajstić information content (AvgIpc) is 3.22. The molecular formula is C21H22F3N5O5. The highest BCUT2D eigenvalue weighted by atomic mass is 19.4. The van der Waals surface area contributed by atoms with Crippen molar-refractivity contribution in [2.24, 2.45) is 0 Å². The Morgan fingerprint density at radius 1 is 1.24 bits per heavy atom. The number of alkyl halides is 3. The number of hydrogen-bond donors (Lipinski definition) is 0. The Hall–Kier alpha value is -3.74. The highest BCUT2D eigenvalue weighted by Gasteiger charge is 2.34. The van der Waals surface area contributed by atoms with E-state index in [9.17, 15) is 32.9 Å². The molecule has 2 aromatic heterocycles. The lowest BCUT2D eigenvalue weighted by Gasteiger charge is -2.17. The first-order chi connectivity index (χ1) is 16.0. The maximum atomic E-state index is 13.3. The van der Waals surface area contributed by atoms with Crippen molar-refractivity contribution in [3.05, 3.63) is 78.7 Å². The molecule has 1 unspecified atom stereocenters. The molecule has 0 fully saturated rings. The molecule has 0 radical (unpaired) electrons. The maximum absolute atomic E-state index is 13.3. The summed E-state index contributed by atoms with van der Waals surface area (Å²) < 4.78 is 47.9. The molecule has 0 spiro atoms. The van der Waals surface area contributed by atoms with Gasteiger partial charge in [-0.2, -0.15) is 18.3 Å². The standard InChI is InChI=1S/C21H22F3N5O5/c1-4-9-27-17(18(29(32)33)19(30)28(20(27)31)13(2)34-3)15-10-25-26(12-15)11-14-7-5-6-8-16(14)21(22,23)24/h5-8,10,12-13H,4,9,11H2,1-3H3. The van der Waals surface area contributed by atoms with E-state index in [1.165, 1.54) is 44.6 Å². The third-order valence-corrected chi connectivity index (χ3v) is 5.25. The van der Waals surface area contributed by atoms with Crippen LogP contribution in [-0.2, 0) is 24.0 Å². The van der Waals surface area contributed by atoms with Gasteiger partial charge in [0.2, 0.25) is 0 Å². The number of methoxy groups -OCH3 is 1. The van der Waals surface area contributed by atoms with Gasteiger partial charge in [-0.3, -0.25) is 24.2 Å². The van der Waals surface area contributed by atoms with E-state index >= 15 is 0 Å². The van der Waals surface area contributed by atoms with Crippen molar-refractivity contribution in [3.8, 4) is 11.3 Å². The molecule has 0 N–H and O–H groups in total. The van der Waals surface area contributed by atoms with Gasteiger partial charge in [-0.1, -0.05) is 25.1 Å². The van der Waals surface area contributed by atoms with E-state index in [0.717, 1.165) is 15.3 Å². The largest absolute Gasteiger partial charge is 0.416 e. The van der Waals surface area contributed by atoms with Crippen LogP contribution in [0.15, 0.2) is 46.2 Å². The monoisotopic (exact) mass is 481 g/mol. The van der Waals surface area contributed by atoms with E-state index in [-0.39, 0.29) is 29.9 Å². The summed E-state index contributed by atoms with van der Waals surface area (Å²) in [4.78, 5) is 37.0. The number of aromatic nitrogens is 4. The molecule has 1 aromatic carbocycles. The lowest BCUT2D eigenvalue weighted by Crippen LogP contribution is -2.43. The third kappa shape index (κ3) is 4.64. The lowest BCUT2D eigenvalue weighted by atomic mass is 10.1. The first-order valence-electron chi connectivity index (χ1n) is 10.3. The van der Waals surface area contributed by atoms with E-state index in [1.807, 2.05) is 0 Å². The van der Waals surface area contributed by atoms with Crippen molar-refractivity contribution >= 4 is 5.69 Å². The zero-order chi connectivity index (χ0) is 25.2. The van der Waals surface area contributed by atoms with Gasteiger partial charge < -0.3 is 4.74 Å². The molecule has 10 nitrogen and oxygen atoms in total. The number of rotatable bonds is 8. The van der Waals surface area contributed by atoms with E-state index in [1.54, 1.807) is 6.92 Å². The summed E-state index contributed by atoms with van der Waals surface area (Å²) in [5.74, 6) is 0. The summed E-state index contributed by atoms with van der Waals surface area (Å²) >= 11 is 0. The highest BCUT2D eigenvalue weighted by molar-refractivity contribution is 5.68. The molecule has 0 amide bonds. The van der Waals surface area contributed by atoms with Crippen LogP contribution in [0.3, 0.4) is 0 Å². The zero-order valence-electron chi connectivity index (χ0n) is 18.6. The summed E-state index contributed by atoms with van der Waals surface area (Å²) in [5.41, 5.74) is -3.93. The molecule has 0 bridgehead atoms. The third-order valence-electron chi connectivity index (χ3n) is 5.25. The normalized spacial score (nSPS) is 12.6. The summed E-state index contributed by atoms with van der Waals surface area (Å²) in [5, 5.41) is 15.9. The first kappa shape index (κ1) is 24.9. The van der Waals surface area contributed by atoms with Crippen LogP contribution in [0.2, 0.25) is 0 Å². The zero-order valence-corrected chi connectivity index (χ0v) is 18.6. The molecule has 0 saturated carbocycles. The SMILES string of the molecule is CCCn1c(-c2cnn(Cc3ccccc3C(F)(F)F)c2)c([N+](=O)[O-])c(=O)n(C(C)OC)c1=O. The summed E-state index contributed by atoms with van der Waals surface area (Å²) in [6.45, 7) is 2.92. The number of benzene rings is 1. The fourth-order valence-electron chi connectivity index (χ4n) is 3.65. The Morgan fingerprint density at radius 3 is 2.50 bits per heavy atom. The van der Waals surface area contributed by atoms with Gasteiger partial charge in [0.25, 0.3) is 0 Å². The maximum Gasteiger partial charge on any atom is 0.416 e. The number of halogens is 3. The molecule has 34 heavy (non-hydrogen) atoms. The number of hydrogen-bond acceptors (Lipinski definition) is 6. The summed E-state index contributed by atoms with van der Waals surface area (Å²) in [6.07, 6.45) is -2.78. The molecule has 182 valence electrons. The Morgan fingerprint density at radius 2 is 1.91 bits per heavy atom. The molecule has 0 aliphatic rings. The minimum atomic E-state index is -4.57. The molecule has 3 rings (SSSR count). The van der Waals surface area contributed by atoms with Crippen LogP contribution in [0.25, 0.3) is 11.3 Å².